The molecule has 1 N–H and O–H groups in total. The molecule has 1 amide bonds. The van der Waals surface area contributed by atoms with Crippen molar-refractivity contribution in [1.29, 1.82) is 0 Å². The van der Waals surface area contributed by atoms with E-state index in [9.17, 15) is 18.0 Å². The second kappa shape index (κ2) is 11.3. The molecule has 2 atom stereocenters. The van der Waals surface area contributed by atoms with Crippen molar-refractivity contribution in [1.82, 2.24) is 9.62 Å². The van der Waals surface area contributed by atoms with E-state index in [0.29, 0.717) is 19.0 Å². The van der Waals surface area contributed by atoms with Crippen molar-refractivity contribution in [3.63, 3.8) is 0 Å². The van der Waals surface area contributed by atoms with Crippen LogP contribution in [0.3, 0.4) is 0 Å². The SMILES string of the molecule is COc1ccc(C(=O)OC(C)C(=O)NCC2CCCCC2)cc1S(=O)(=O)N1CCCCC1C. The Balaban J connectivity index is 1.69. The summed E-state index contributed by atoms with van der Waals surface area (Å²) in [5.74, 6) is -0.460. The van der Waals surface area contributed by atoms with Crippen molar-refractivity contribution in [2.75, 3.05) is 20.2 Å². The molecule has 2 fully saturated rings. The number of hydrogen-bond acceptors (Lipinski definition) is 6. The van der Waals surface area contributed by atoms with E-state index in [1.807, 2.05) is 6.92 Å². The maximum Gasteiger partial charge on any atom is 0.338 e. The van der Waals surface area contributed by atoms with Crippen LogP contribution >= 0.6 is 0 Å². The Hall–Kier alpha value is -2.13. The van der Waals surface area contributed by atoms with Gasteiger partial charge in [0, 0.05) is 19.1 Å². The van der Waals surface area contributed by atoms with E-state index in [2.05, 4.69) is 5.32 Å². The van der Waals surface area contributed by atoms with Gasteiger partial charge in [0.05, 0.1) is 12.7 Å². The van der Waals surface area contributed by atoms with E-state index in [4.69, 9.17) is 9.47 Å². The number of carbonyl (C=O) groups is 2. The molecule has 2 unspecified atom stereocenters. The predicted octanol–water partition coefficient (Wildman–Crippen LogP) is 3.50. The number of ether oxygens (including phenoxy) is 2. The number of sulfonamides is 1. The normalized spacial score (nSPS) is 21.2. The quantitative estimate of drug-likeness (QED) is 0.572. The molecular formula is C24H36N2O6S. The second-order valence-corrected chi connectivity index (χ2v) is 11.0. The van der Waals surface area contributed by atoms with Crippen molar-refractivity contribution in [2.24, 2.45) is 5.92 Å². The van der Waals surface area contributed by atoms with E-state index in [0.717, 1.165) is 32.1 Å². The van der Waals surface area contributed by atoms with Crippen molar-refractivity contribution in [3.05, 3.63) is 23.8 Å². The summed E-state index contributed by atoms with van der Waals surface area (Å²) >= 11 is 0. The fourth-order valence-corrected chi connectivity index (χ4v) is 6.51. The zero-order valence-electron chi connectivity index (χ0n) is 19.8. The molecule has 9 heteroatoms. The lowest BCUT2D eigenvalue weighted by Gasteiger charge is -2.32. The molecular weight excluding hydrogens is 444 g/mol. The Morgan fingerprint density at radius 1 is 1.12 bits per heavy atom. The van der Waals surface area contributed by atoms with Gasteiger partial charge in [-0.3, -0.25) is 4.79 Å². The fraction of sp³-hybridized carbons (Fsp3) is 0.667. The molecule has 1 saturated heterocycles. The molecule has 1 saturated carbocycles. The molecule has 2 aliphatic rings. The third-order valence-corrected chi connectivity index (χ3v) is 8.71. The maximum absolute atomic E-state index is 13.3. The summed E-state index contributed by atoms with van der Waals surface area (Å²) in [5.41, 5.74) is 0.0611. The minimum atomic E-state index is -3.85. The zero-order chi connectivity index (χ0) is 24.0. The molecule has 33 heavy (non-hydrogen) atoms. The number of nitrogens with zero attached hydrogens (tertiary/aromatic N) is 1. The van der Waals surface area contributed by atoms with Crippen LogP contribution in [-0.4, -0.2) is 56.9 Å². The van der Waals surface area contributed by atoms with Crippen LogP contribution in [0.1, 0.15) is 75.6 Å². The first-order valence-corrected chi connectivity index (χ1v) is 13.4. The number of esters is 1. The summed E-state index contributed by atoms with van der Waals surface area (Å²) < 4.78 is 38.8. The lowest BCUT2D eigenvalue weighted by atomic mass is 9.89. The molecule has 1 heterocycles. The molecule has 1 aliphatic carbocycles. The van der Waals surface area contributed by atoms with Crippen LogP contribution in [-0.2, 0) is 19.6 Å². The minimum absolute atomic E-state index is 0.0611. The van der Waals surface area contributed by atoms with Crippen LogP contribution in [0.25, 0.3) is 0 Å². The molecule has 1 aromatic rings. The highest BCUT2D eigenvalue weighted by Gasteiger charge is 2.34. The van der Waals surface area contributed by atoms with Gasteiger partial charge < -0.3 is 14.8 Å². The van der Waals surface area contributed by atoms with Crippen LogP contribution in [0.4, 0.5) is 0 Å². The summed E-state index contributed by atoms with van der Waals surface area (Å²) in [6.07, 6.45) is 7.41. The van der Waals surface area contributed by atoms with Gasteiger partial charge in [0.1, 0.15) is 10.6 Å². The Kier molecular flexibility index (Phi) is 8.75. The lowest BCUT2D eigenvalue weighted by Crippen LogP contribution is -2.42. The zero-order valence-corrected chi connectivity index (χ0v) is 20.7. The number of piperidine rings is 1. The van der Waals surface area contributed by atoms with Gasteiger partial charge in [0.25, 0.3) is 5.91 Å². The largest absolute Gasteiger partial charge is 0.495 e. The Morgan fingerprint density at radius 3 is 2.48 bits per heavy atom. The second-order valence-electron chi connectivity index (χ2n) is 9.12. The average molecular weight is 481 g/mol. The van der Waals surface area contributed by atoms with E-state index >= 15 is 0 Å². The first-order chi connectivity index (χ1) is 15.7. The molecule has 3 rings (SSSR count). The maximum atomic E-state index is 13.3. The average Bonchev–Trinajstić information content (AvgIpc) is 2.82. The minimum Gasteiger partial charge on any atom is -0.495 e. The summed E-state index contributed by atoms with van der Waals surface area (Å²) in [4.78, 5) is 25.1. The first-order valence-electron chi connectivity index (χ1n) is 11.9. The topological polar surface area (TPSA) is 102 Å². The van der Waals surface area contributed by atoms with E-state index in [1.54, 1.807) is 0 Å². The van der Waals surface area contributed by atoms with E-state index < -0.39 is 22.1 Å². The smallest absolute Gasteiger partial charge is 0.338 e. The number of rotatable bonds is 8. The van der Waals surface area contributed by atoms with Crippen LogP contribution in [0.15, 0.2) is 23.1 Å². The van der Waals surface area contributed by atoms with E-state index in [1.165, 1.54) is 55.8 Å². The van der Waals surface area contributed by atoms with Crippen molar-refractivity contribution in [2.45, 2.75) is 82.3 Å². The Labute approximate surface area is 197 Å². The van der Waals surface area contributed by atoms with E-state index in [-0.39, 0.29) is 28.2 Å². The molecule has 1 aromatic carbocycles. The summed E-state index contributed by atoms with van der Waals surface area (Å²) in [6.45, 7) is 4.42. The third kappa shape index (κ3) is 6.26. The number of carbonyl (C=O) groups excluding carboxylic acids is 2. The highest BCUT2D eigenvalue weighted by molar-refractivity contribution is 7.89. The fourth-order valence-electron chi connectivity index (χ4n) is 4.62. The van der Waals surface area contributed by atoms with Crippen molar-refractivity contribution < 1.29 is 27.5 Å². The summed E-state index contributed by atoms with van der Waals surface area (Å²) in [7, 11) is -2.46. The third-order valence-electron chi connectivity index (χ3n) is 6.67. The number of hydrogen-bond donors (Lipinski definition) is 1. The lowest BCUT2D eigenvalue weighted by molar-refractivity contribution is -0.129. The van der Waals surface area contributed by atoms with Gasteiger partial charge in [0.15, 0.2) is 6.10 Å². The molecule has 1 aliphatic heterocycles. The monoisotopic (exact) mass is 480 g/mol. The van der Waals surface area contributed by atoms with Crippen LogP contribution in [0.5, 0.6) is 5.75 Å². The highest BCUT2D eigenvalue weighted by Crippen LogP contribution is 2.32. The number of methoxy groups -OCH3 is 1. The molecule has 0 radical (unpaired) electrons. The van der Waals surface area contributed by atoms with Crippen LogP contribution in [0, 0.1) is 5.92 Å². The van der Waals surface area contributed by atoms with Crippen molar-refractivity contribution in [3.8, 4) is 5.75 Å². The van der Waals surface area contributed by atoms with Crippen LogP contribution in [0.2, 0.25) is 0 Å². The predicted molar refractivity (Wildman–Crippen MR) is 125 cm³/mol. The molecule has 0 spiro atoms. The molecule has 8 nitrogen and oxygen atoms in total. The summed E-state index contributed by atoms with van der Waals surface area (Å²) in [6, 6.07) is 4.06. The highest BCUT2D eigenvalue weighted by atomic mass is 32.2. The van der Waals surface area contributed by atoms with Gasteiger partial charge in [-0.1, -0.05) is 25.7 Å². The van der Waals surface area contributed by atoms with Gasteiger partial charge in [-0.15, -0.1) is 0 Å². The van der Waals surface area contributed by atoms with Crippen LogP contribution < -0.4 is 10.1 Å². The standard InChI is InChI=1S/C24H36N2O6S/c1-17-9-7-8-14-26(17)33(29,30)22-15-20(12-13-21(22)31-3)24(28)32-18(2)23(27)25-16-19-10-5-4-6-11-19/h12-13,15,17-19H,4-11,14,16H2,1-3H3,(H,25,27). The van der Waals surface area contributed by atoms with Gasteiger partial charge in [-0.25, -0.2) is 13.2 Å². The van der Waals surface area contributed by atoms with Gasteiger partial charge >= 0.3 is 5.97 Å². The van der Waals surface area contributed by atoms with Gasteiger partial charge in [0.2, 0.25) is 10.0 Å². The Bertz CT molecular complexity index is 942. The number of benzene rings is 1. The molecule has 0 bridgehead atoms. The number of amides is 1. The first kappa shape index (κ1) is 25.5. The van der Waals surface area contributed by atoms with Gasteiger partial charge in [-0.05, 0) is 63.6 Å². The van der Waals surface area contributed by atoms with Crippen molar-refractivity contribution >= 4 is 21.9 Å². The molecule has 184 valence electrons. The van der Waals surface area contributed by atoms with Gasteiger partial charge in [-0.2, -0.15) is 4.31 Å². The number of nitrogens with one attached hydrogen (secondary N) is 1. The summed E-state index contributed by atoms with van der Waals surface area (Å²) in [5, 5.41) is 2.87. The Morgan fingerprint density at radius 2 is 1.82 bits per heavy atom. The molecule has 0 aromatic heterocycles.